The maximum absolute atomic E-state index is 12.6. The fraction of sp³-hybridized carbons (Fsp3) is 0.526. The van der Waals surface area contributed by atoms with Crippen molar-refractivity contribution in [3.05, 3.63) is 18.2 Å². The van der Waals surface area contributed by atoms with Gasteiger partial charge in [-0.15, -0.1) is 0 Å². The minimum atomic E-state index is -0.0720. The van der Waals surface area contributed by atoms with Crippen molar-refractivity contribution in [1.82, 2.24) is 9.88 Å². The van der Waals surface area contributed by atoms with Crippen molar-refractivity contribution in [2.45, 2.75) is 33.6 Å². The highest BCUT2D eigenvalue weighted by molar-refractivity contribution is 7.22. The highest BCUT2D eigenvalue weighted by atomic mass is 32.1. The number of carbonyl (C=O) groups is 2. The number of nitrogens with one attached hydrogen (secondary N) is 1. The second-order valence-corrected chi connectivity index (χ2v) is 7.86. The molecule has 140 valence electrons. The van der Waals surface area contributed by atoms with Crippen molar-refractivity contribution in [1.29, 1.82) is 0 Å². The molecule has 2 heterocycles. The molecule has 0 spiro atoms. The Bertz CT molecular complexity index is 794. The van der Waals surface area contributed by atoms with Gasteiger partial charge in [-0.05, 0) is 38.0 Å². The molecule has 7 heteroatoms. The van der Waals surface area contributed by atoms with Gasteiger partial charge in [-0.3, -0.25) is 9.59 Å². The first-order chi connectivity index (χ1) is 12.5. The zero-order chi connectivity index (χ0) is 18.7. The van der Waals surface area contributed by atoms with Crippen molar-refractivity contribution in [3.8, 4) is 5.75 Å². The Morgan fingerprint density at radius 1 is 1.35 bits per heavy atom. The van der Waals surface area contributed by atoms with E-state index in [-0.39, 0.29) is 23.7 Å². The molecule has 0 unspecified atom stereocenters. The predicted octanol–water partition coefficient (Wildman–Crippen LogP) is 3.53. The van der Waals surface area contributed by atoms with E-state index in [4.69, 9.17) is 4.74 Å². The monoisotopic (exact) mass is 375 g/mol. The molecule has 1 aromatic heterocycles. The van der Waals surface area contributed by atoms with E-state index >= 15 is 0 Å². The van der Waals surface area contributed by atoms with E-state index in [1.807, 2.05) is 43.9 Å². The normalized spacial score (nSPS) is 15.5. The minimum Gasteiger partial charge on any atom is -0.494 e. The number of hydrogen-bond acceptors (Lipinski definition) is 5. The van der Waals surface area contributed by atoms with E-state index in [0.29, 0.717) is 37.7 Å². The summed E-state index contributed by atoms with van der Waals surface area (Å²) in [6.07, 6.45) is 1.40. The largest absolute Gasteiger partial charge is 0.494 e. The van der Waals surface area contributed by atoms with Gasteiger partial charge in [-0.1, -0.05) is 25.2 Å². The lowest BCUT2D eigenvalue weighted by atomic mass is 9.95. The number of fused-ring (bicyclic) bond motifs is 1. The Kier molecular flexibility index (Phi) is 5.76. The van der Waals surface area contributed by atoms with Gasteiger partial charge in [-0.25, -0.2) is 4.98 Å². The van der Waals surface area contributed by atoms with Crippen LogP contribution < -0.4 is 10.1 Å². The highest BCUT2D eigenvalue weighted by Gasteiger charge is 2.28. The van der Waals surface area contributed by atoms with Crippen LogP contribution in [0.4, 0.5) is 5.13 Å². The molecule has 0 bridgehead atoms. The molecule has 0 aliphatic carbocycles. The van der Waals surface area contributed by atoms with Crippen molar-refractivity contribution < 1.29 is 14.3 Å². The van der Waals surface area contributed by atoms with Gasteiger partial charge in [0.1, 0.15) is 5.75 Å². The maximum atomic E-state index is 12.6. The first kappa shape index (κ1) is 18.6. The Balaban J connectivity index is 1.60. The summed E-state index contributed by atoms with van der Waals surface area (Å²) in [5.74, 6) is 0.900. The Hall–Kier alpha value is -2.15. The number of thiazole rings is 1. The number of amides is 2. The van der Waals surface area contributed by atoms with Gasteiger partial charge in [0, 0.05) is 24.9 Å². The summed E-state index contributed by atoms with van der Waals surface area (Å²) in [4.78, 5) is 30.9. The van der Waals surface area contributed by atoms with Gasteiger partial charge >= 0.3 is 0 Å². The quantitative estimate of drug-likeness (QED) is 0.868. The maximum Gasteiger partial charge on any atom is 0.229 e. The number of ether oxygens (including phenoxy) is 1. The average Bonchev–Trinajstić information content (AvgIpc) is 3.02. The topological polar surface area (TPSA) is 71.5 Å². The van der Waals surface area contributed by atoms with Crippen molar-refractivity contribution >= 4 is 38.5 Å². The van der Waals surface area contributed by atoms with Crippen molar-refractivity contribution in [2.24, 2.45) is 11.8 Å². The van der Waals surface area contributed by atoms with Crippen LogP contribution >= 0.6 is 11.3 Å². The summed E-state index contributed by atoms with van der Waals surface area (Å²) in [6, 6.07) is 5.74. The number of anilines is 1. The van der Waals surface area contributed by atoms with E-state index in [9.17, 15) is 9.59 Å². The van der Waals surface area contributed by atoms with Crippen molar-refractivity contribution in [3.63, 3.8) is 0 Å². The minimum absolute atomic E-state index is 0.00436. The van der Waals surface area contributed by atoms with Gasteiger partial charge in [0.15, 0.2) is 5.13 Å². The van der Waals surface area contributed by atoms with Crippen LogP contribution in [0.1, 0.15) is 33.6 Å². The Morgan fingerprint density at radius 3 is 2.73 bits per heavy atom. The van der Waals surface area contributed by atoms with Gasteiger partial charge < -0.3 is 15.0 Å². The lowest BCUT2D eigenvalue weighted by Gasteiger charge is -2.32. The zero-order valence-corrected chi connectivity index (χ0v) is 16.3. The molecule has 0 atom stereocenters. The molecular formula is C19H25N3O3S. The number of benzene rings is 1. The fourth-order valence-corrected chi connectivity index (χ4v) is 4.05. The standard InChI is InChI=1S/C19H25N3O3S/c1-4-25-14-5-6-15-16(11-14)26-19(20-15)21-17(23)13-7-9-22(10-8-13)18(24)12(2)3/h5-6,11-13H,4,7-10H2,1-3H3,(H,20,21,23). The molecule has 0 saturated carbocycles. The lowest BCUT2D eigenvalue weighted by molar-refractivity contribution is -0.137. The molecule has 1 N–H and O–H groups in total. The van der Waals surface area contributed by atoms with Crippen molar-refractivity contribution in [2.75, 3.05) is 25.0 Å². The number of rotatable bonds is 5. The average molecular weight is 375 g/mol. The molecule has 3 rings (SSSR count). The Morgan fingerprint density at radius 2 is 2.08 bits per heavy atom. The van der Waals surface area contributed by atoms with E-state index in [2.05, 4.69) is 10.3 Å². The molecular weight excluding hydrogens is 350 g/mol. The molecule has 6 nitrogen and oxygen atoms in total. The summed E-state index contributed by atoms with van der Waals surface area (Å²) in [6.45, 7) is 7.67. The van der Waals surface area contributed by atoms with E-state index in [1.165, 1.54) is 11.3 Å². The molecule has 2 amide bonds. The van der Waals surface area contributed by atoms with E-state index < -0.39 is 0 Å². The number of piperidine rings is 1. The van der Waals surface area contributed by atoms with E-state index in [0.717, 1.165) is 16.0 Å². The van der Waals surface area contributed by atoms with E-state index in [1.54, 1.807) is 0 Å². The molecule has 1 aliphatic heterocycles. The summed E-state index contributed by atoms with van der Waals surface area (Å²) < 4.78 is 6.49. The van der Waals surface area contributed by atoms with Crippen LogP contribution in [0.3, 0.4) is 0 Å². The van der Waals surface area contributed by atoms with Crippen LogP contribution in [0, 0.1) is 11.8 Å². The smallest absolute Gasteiger partial charge is 0.229 e. The lowest BCUT2D eigenvalue weighted by Crippen LogP contribution is -2.43. The second kappa shape index (κ2) is 8.03. The summed E-state index contributed by atoms with van der Waals surface area (Å²) in [7, 11) is 0. The summed E-state index contributed by atoms with van der Waals surface area (Å²) in [5, 5.41) is 3.55. The molecule has 1 fully saturated rings. The SMILES string of the molecule is CCOc1ccc2nc(NC(=O)C3CCN(C(=O)C(C)C)CC3)sc2c1. The number of nitrogens with zero attached hydrogens (tertiary/aromatic N) is 2. The summed E-state index contributed by atoms with van der Waals surface area (Å²) in [5.41, 5.74) is 0.853. The van der Waals surface area contributed by atoms with Crippen LogP contribution in [0.15, 0.2) is 18.2 Å². The third-order valence-electron chi connectivity index (χ3n) is 4.57. The first-order valence-electron chi connectivity index (χ1n) is 9.11. The first-order valence-corrected chi connectivity index (χ1v) is 9.92. The highest BCUT2D eigenvalue weighted by Crippen LogP contribution is 2.30. The number of likely N-dealkylation sites (tertiary alicyclic amines) is 1. The Labute approximate surface area is 157 Å². The number of aromatic nitrogens is 1. The van der Waals surface area contributed by atoms with Crippen LogP contribution in [-0.2, 0) is 9.59 Å². The van der Waals surface area contributed by atoms with Crippen LogP contribution in [0.25, 0.3) is 10.2 Å². The van der Waals surface area contributed by atoms with Crippen LogP contribution in [0.2, 0.25) is 0 Å². The molecule has 1 aliphatic rings. The number of carbonyl (C=O) groups excluding carboxylic acids is 2. The van der Waals surface area contributed by atoms with Gasteiger partial charge in [0.2, 0.25) is 11.8 Å². The molecule has 1 aromatic carbocycles. The fourth-order valence-electron chi connectivity index (χ4n) is 3.15. The van der Waals surface area contributed by atoms with Crippen LogP contribution in [-0.4, -0.2) is 41.4 Å². The van der Waals surface area contributed by atoms with Crippen LogP contribution in [0.5, 0.6) is 5.75 Å². The molecule has 2 aromatic rings. The second-order valence-electron chi connectivity index (χ2n) is 6.83. The molecule has 0 radical (unpaired) electrons. The third-order valence-corrected chi connectivity index (χ3v) is 5.51. The van der Waals surface area contributed by atoms with Gasteiger partial charge in [0.05, 0.1) is 16.8 Å². The number of hydrogen-bond donors (Lipinski definition) is 1. The third kappa shape index (κ3) is 4.15. The molecule has 1 saturated heterocycles. The van der Waals surface area contributed by atoms with Gasteiger partial charge in [0.25, 0.3) is 0 Å². The zero-order valence-electron chi connectivity index (χ0n) is 15.4. The summed E-state index contributed by atoms with van der Waals surface area (Å²) >= 11 is 1.45. The van der Waals surface area contributed by atoms with Gasteiger partial charge in [-0.2, -0.15) is 0 Å². The molecule has 26 heavy (non-hydrogen) atoms. The predicted molar refractivity (Wildman–Crippen MR) is 104 cm³/mol.